The van der Waals surface area contributed by atoms with Gasteiger partial charge in [0, 0.05) is 53.9 Å². The molecule has 13 nitrogen and oxygen atoms in total. The molecular formula is C35H47N2O11S3+. The first-order valence-electron chi connectivity index (χ1n) is 16.7. The third-order valence-corrected chi connectivity index (χ3v) is 12.2. The highest BCUT2D eigenvalue weighted by atomic mass is 32.2. The molecule has 280 valence electrons. The number of allylic oxidation sites excluding steroid dienone is 4. The van der Waals surface area contributed by atoms with Crippen molar-refractivity contribution in [3.8, 4) is 0 Å². The van der Waals surface area contributed by atoms with Gasteiger partial charge < -0.3 is 10.0 Å². The number of fused-ring (bicyclic) bond motifs is 2. The summed E-state index contributed by atoms with van der Waals surface area (Å²) in [6.07, 6.45) is 8.56. The first kappa shape index (κ1) is 40.4. The van der Waals surface area contributed by atoms with Crippen LogP contribution in [-0.2, 0) is 46.0 Å². The van der Waals surface area contributed by atoms with Crippen molar-refractivity contribution in [1.29, 1.82) is 0 Å². The Hall–Kier alpha value is -3.41. The van der Waals surface area contributed by atoms with Crippen LogP contribution in [0.1, 0.15) is 82.4 Å². The summed E-state index contributed by atoms with van der Waals surface area (Å²) in [5.41, 5.74) is 4.41. The average molecular weight is 768 g/mol. The normalized spacial score (nSPS) is 19.7. The molecule has 0 radical (unpaired) electrons. The Labute approximate surface area is 300 Å². The molecule has 2 aromatic carbocycles. The first-order chi connectivity index (χ1) is 23.5. The highest BCUT2D eigenvalue weighted by molar-refractivity contribution is 7.86. The minimum absolute atomic E-state index is 0.0723. The number of aliphatic carboxylic acids is 1. The molecule has 2 aromatic rings. The third kappa shape index (κ3) is 9.73. The van der Waals surface area contributed by atoms with Crippen LogP contribution in [0.5, 0.6) is 0 Å². The van der Waals surface area contributed by atoms with Crippen molar-refractivity contribution >= 4 is 53.4 Å². The minimum Gasteiger partial charge on any atom is -0.481 e. The second-order valence-corrected chi connectivity index (χ2v) is 18.5. The molecule has 2 heterocycles. The quantitative estimate of drug-likeness (QED) is 0.0904. The average Bonchev–Trinajstić information content (AvgIpc) is 3.34. The van der Waals surface area contributed by atoms with E-state index in [0.717, 1.165) is 28.9 Å². The van der Waals surface area contributed by atoms with Crippen LogP contribution in [0.3, 0.4) is 0 Å². The highest BCUT2D eigenvalue weighted by Gasteiger charge is 2.46. The molecule has 0 spiro atoms. The topological polar surface area (TPSA) is 207 Å². The van der Waals surface area contributed by atoms with Gasteiger partial charge in [0.1, 0.15) is 6.54 Å². The Morgan fingerprint density at radius 1 is 0.843 bits per heavy atom. The number of aryl methyl sites for hydroxylation is 1. The van der Waals surface area contributed by atoms with Crippen molar-refractivity contribution in [3.63, 3.8) is 0 Å². The molecule has 0 bridgehead atoms. The predicted octanol–water partition coefficient (Wildman–Crippen LogP) is 5.43. The van der Waals surface area contributed by atoms with Gasteiger partial charge in [-0.25, -0.2) is 0 Å². The number of rotatable bonds is 17. The van der Waals surface area contributed by atoms with E-state index in [0.29, 0.717) is 36.2 Å². The lowest BCUT2D eigenvalue weighted by molar-refractivity contribution is -0.437. The lowest BCUT2D eigenvalue weighted by Crippen LogP contribution is -2.30. The van der Waals surface area contributed by atoms with E-state index >= 15 is 0 Å². The zero-order valence-corrected chi connectivity index (χ0v) is 31.7. The lowest BCUT2D eigenvalue weighted by atomic mass is 9.76. The molecule has 0 saturated heterocycles. The summed E-state index contributed by atoms with van der Waals surface area (Å²) in [6, 6.07) is 10.3. The molecule has 2 aliphatic rings. The summed E-state index contributed by atoms with van der Waals surface area (Å²) in [6.45, 7) is 8.32. The Morgan fingerprint density at radius 3 is 2.14 bits per heavy atom. The van der Waals surface area contributed by atoms with Gasteiger partial charge in [-0.3, -0.25) is 18.5 Å². The number of hydrogen-bond donors (Lipinski definition) is 4. The molecule has 16 heteroatoms. The predicted molar refractivity (Wildman–Crippen MR) is 195 cm³/mol. The molecule has 0 amide bonds. The van der Waals surface area contributed by atoms with Crippen molar-refractivity contribution in [2.24, 2.45) is 0 Å². The summed E-state index contributed by atoms with van der Waals surface area (Å²) in [4.78, 5) is 12.9. The highest BCUT2D eigenvalue weighted by Crippen LogP contribution is 2.51. The first-order valence-corrected chi connectivity index (χ1v) is 21.4. The molecule has 0 fully saturated rings. The van der Waals surface area contributed by atoms with Gasteiger partial charge in [0.15, 0.2) is 5.71 Å². The maximum Gasteiger partial charge on any atom is 0.303 e. The number of carboxylic acids is 1. The molecule has 2 aliphatic heterocycles. The fourth-order valence-electron chi connectivity index (χ4n) is 7.20. The van der Waals surface area contributed by atoms with Crippen molar-refractivity contribution in [2.75, 3.05) is 29.5 Å². The summed E-state index contributed by atoms with van der Waals surface area (Å²) in [5, 5.41) is 9.12. The maximum absolute atomic E-state index is 12.0. The number of carbonyl (C=O) groups is 1. The van der Waals surface area contributed by atoms with Crippen LogP contribution >= 0.6 is 0 Å². The number of unbranched alkanes of at least 4 members (excludes halogenated alkanes) is 2. The van der Waals surface area contributed by atoms with Gasteiger partial charge in [-0.15, -0.1) is 0 Å². The fourth-order valence-corrected chi connectivity index (χ4v) is 8.69. The van der Waals surface area contributed by atoms with E-state index in [1.54, 1.807) is 6.07 Å². The van der Waals surface area contributed by atoms with Gasteiger partial charge >= 0.3 is 5.97 Å². The van der Waals surface area contributed by atoms with Gasteiger partial charge in [-0.1, -0.05) is 36.6 Å². The van der Waals surface area contributed by atoms with E-state index in [9.17, 15) is 43.7 Å². The molecule has 4 N–H and O–H groups in total. The van der Waals surface area contributed by atoms with E-state index < -0.39 is 58.7 Å². The maximum atomic E-state index is 12.0. The van der Waals surface area contributed by atoms with Crippen LogP contribution in [0.15, 0.2) is 65.2 Å². The number of benzene rings is 2. The number of anilines is 1. The second-order valence-electron chi connectivity index (χ2n) is 14.0. The molecule has 4 rings (SSSR count). The summed E-state index contributed by atoms with van der Waals surface area (Å²) < 4.78 is 101. The van der Waals surface area contributed by atoms with Crippen LogP contribution in [0.4, 0.5) is 11.4 Å². The molecule has 0 aliphatic carbocycles. The van der Waals surface area contributed by atoms with Crippen molar-refractivity contribution < 1.29 is 53.4 Å². The van der Waals surface area contributed by atoms with E-state index in [4.69, 9.17) is 5.11 Å². The molecule has 0 saturated carbocycles. The standard InChI is InChI=1S/C35H46N2O11S3/c1-25-14-16-30-28(23-25)35(4,18-7-5-6-13-33(38)39)32(37(30)20-10-22-50(43,44)45)12-8-11-31-34(2,3)27-24-26(51(46,47)48)15-17-29(27)36(31)19-9-21-49(40,41)42/h8,11-12,14-17,23-24H,5-7,9-10,13,18-22H2,1-4H3,(H3-,38,39,40,41,42,43,44,45,46,47,48)/p+1. The Bertz CT molecular complexity index is 2100. The number of carboxylic acid groups (broad SMARTS) is 1. The van der Waals surface area contributed by atoms with E-state index in [1.165, 1.54) is 12.1 Å². The monoisotopic (exact) mass is 767 g/mol. The molecule has 51 heavy (non-hydrogen) atoms. The zero-order chi connectivity index (χ0) is 38.0. The number of nitrogens with zero attached hydrogens (tertiary/aromatic N) is 2. The van der Waals surface area contributed by atoms with Gasteiger partial charge in [0.2, 0.25) is 5.69 Å². The van der Waals surface area contributed by atoms with Crippen LogP contribution < -0.4 is 4.90 Å². The van der Waals surface area contributed by atoms with Gasteiger partial charge in [-0.05, 0) is 76.8 Å². The van der Waals surface area contributed by atoms with Crippen molar-refractivity contribution in [2.45, 2.75) is 88.4 Å². The molecule has 0 aromatic heterocycles. The van der Waals surface area contributed by atoms with Gasteiger partial charge in [0.05, 0.1) is 21.8 Å². The van der Waals surface area contributed by atoms with E-state index in [-0.39, 0.29) is 37.2 Å². The van der Waals surface area contributed by atoms with E-state index in [1.807, 2.05) is 60.6 Å². The SMILES string of the molecule is Cc1ccc2c(c1)C(C)(CCCCCC(=O)O)C(=CC=CC1=[N+](CCCS(=O)(=O)O)c3ccc(S(=O)(=O)O)cc3C1(C)C)N2CCCS(=O)(=O)O. The van der Waals surface area contributed by atoms with Crippen molar-refractivity contribution in [3.05, 3.63) is 77.0 Å². The Morgan fingerprint density at radius 2 is 1.51 bits per heavy atom. The zero-order valence-electron chi connectivity index (χ0n) is 29.2. The van der Waals surface area contributed by atoms with Crippen LogP contribution in [0.2, 0.25) is 0 Å². The lowest BCUT2D eigenvalue weighted by Gasteiger charge is -2.30. The minimum atomic E-state index is -4.51. The summed E-state index contributed by atoms with van der Waals surface area (Å²) >= 11 is 0. The number of hydrogen-bond acceptors (Lipinski definition) is 8. The molecule has 1 unspecified atom stereocenters. The van der Waals surface area contributed by atoms with Gasteiger partial charge in [0.25, 0.3) is 30.4 Å². The Kier molecular flexibility index (Phi) is 12.1. The smallest absolute Gasteiger partial charge is 0.303 e. The van der Waals surface area contributed by atoms with Crippen LogP contribution in [0.25, 0.3) is 0 Å². The summed E-state index contributed by atoms with van der Waals surface area (Å²) in [5.74, 6) is -1.76. The summed E-state index contributed by atoms with van der Waals surface area (Å²) in [7, 11) is -12.9. The largest absolute Gasteiger partial charge is 0.481 e. The van der Waals surface area contributed by atoms with Crippen molar-refractivity contribution in [1.82, 2.24) is 0 Å². The Balaban J connectivity index is 1.81. The molecular weight excluding hydrogens is 721 g/mol. The molecule has 1 atom stereocenters. The second kappa shape index (κ2) is 15.3. The fraction of sp³-hybridized carbons (Fsp3) is 0.486. The van der Waals surface area contributed by atoms with Crippen LogP contribution in [0, 0.1) is 6.92 Å². The van der Waals surface area contributed by atoms with E-state index in [2.05, 4.69) is 13.0 Å². The van der Waals surface area contributed by atoms with Crippen LogP contribution in [-0.4, -0.2) is 84.9 Å². The van der Waals surface area contributed by atoms with Gasteiger partial charge in [-0.2, -0.15) is 29.8 Å². The third-order valence-electron chi connectivity index (χ3n) is 9.70.